The van der Waals surface area contributed by atoms with Crippen LogP contribution in [0.3, 0.4) is 0 Å². The number of nitrogens with zero attached hydrogens (tertiary/aromatic N) is 3. The van der Waals surface area contributed by atoms with Crippen molar-refractivity contribution >= 4 is 27.6 Å². The molecular formula is C23H25N3O6S. The minimum atomic E-state index is -3.84. The monoisotopic (exact) mass is 471 g/mol. The molecule has 1 fully saturated rings. The lowest BCUT2D eigenvalue weighted by Crippen LogP contribution is -2.48. The van der Waals surface area contributed by atoms with Gasteiger partial charge in [-0.25, -0.2) is 13.2 Å². The van der Waals surface area contributed by atoms with E-state index in [1.165, 1.54) is 33.5 Å². The first kappa shape index (κ1) is 24.4. The van der Waals surface area contributed by atoms with Crippen molar-refractivity contribution in [3.63, 3.8) is 0 Å². The number of ether oxygens (including phenoxy) is 2. The predicted octanol–water partition coefficient (Wildman–Crippen LogP) is 2.20. The maximum Gasteiger partial charge on any atom is 0.338 e. The van der Waals surface area contributed by atoms with E-state index in [0.29, 0.717) is 5.69 Å². The summed E-state index contributed by atoms with van der Waals surface area (Å²) in [4.78, 5) is 26.2. The van der Waals surface area contributed by atoms with Crippen molar-refractivity contribution in [1.29, 1.82) is 5.26 Å². The van der Waals surface area contributed by atoms with Crippen LogP contribution >= 0.6 is 0 Å². The van der Waals surface area contributed by atoms with Gasteiger partial charge in [0.15, 0.2) is 6.61 Å². The van der Waals surface area contributed by atoms with E-state index in [4.69, 9.17) is 14.7 Å². The molecule has 1 heterocycles. The number of anilines is 1. The number of hydrogen-bond acceptors (Lipinski definition) is 7. The van der Waals surface area contributed by atoms with Gasteiger partial charge in [-0.05, 0) is 44.2 Å². The van der Waals surface area contributed by atoms with Crippen LogP contribution < -0.4 is 4.90 Å². The lowest BCUT2D eigenvalue weighted by atomic mass is 10.2. The van der Waals surface area contributed by atoms with Crippen molar-refractivity contribution in [1.82, 2.24) is 4.31 Å². The normalized spacial score (nSPS) is 18.8. The maximum atomic E-state index is 13.1. The SMILES string of the molecule is CC1CN(S(=O)(=O)c2cccc(C(=O)OCC(=O)N(CC#N)c3ccccc3)c2)CC(C)O1. The van der Waals surface area contributed by atoms with Gasteiger partial charge >= 0.3 is 5.97 Å². The van der Waals surface area contributed by atoms with Crippen molar-refractivity contribution in [2.24, 2.45) is 0 Å². The van der Waals surface area contributed by atoms with E-state index in [2.05, 4.69) is 0 Å². The van der Waals surface area contributed by atoms with Crippen molar-refractivity contribution in [2.75, 3.05) is 31.1 Å². The Morgan fingerprint density at radius 2 is 1.79 bits per heavy atom. The van der Waals surface area contributed by atoms with Crippen LogP contribution in [0.4, 0.5) is 5.69 Å². The Hall–Kier alpha value is -3.26. The van der Waals surface area contributed by atoms with E-state index < -0.39 is 28.5 Å². The number of esters is 1. The summed E-state index contributed by atoms with van der Waals surface area (Å²) in [7, 11) is -3.84. The van der Waals surface area contributed by atoms with Gasteiger partial charge in [-0.3, -0.25) is 9.69 Å². The highest BCUT2D eigenvalue weighted by atomic mass is 32.2. The molecule has 1 aliphatic rings. The molecule has 2 unspecified atom stereocenters. The molecule has 0 aliphatic carbocycles. The van der Waals surface area contributed by atoms with E-state index in [1.54, 1.807) is 44.2 Å². The molecule has 10 heteroatoms. The lowest BCUT2D eigenvalue weighted by molar-refractivity contribution is -0.121. The molecule has 0 aromatic heterocycles. The van der Waals surface area contributed by atoms with Crippen LogP contribution in [-0.2, 0) is 24.3 Å². The number of sulfonamides is 1. The number of nitriles is 1. The van der Waals surface area contributed by atoms with Gasteiger partial charge in [-0.15, -0.1) is 0 Å². The number of rotatable bonds is 7. The second kappa shape index (κ2) is 10.6. The molecule has 0 radical (unpaired) electrons. The number of hydrogen-bond donors (Lipinski definition) is 0. The molecule has 2 atom stereocenters. The number of carbonyl (C=O) groups excluding carboxylic acids is 2. The van der Waals surface area contributed by atoms with Crippen LogP contribution in [-0.4, -0.2) is 63.0 Å². The third kappa shape index (κ3) is 5.96. The van der Waals surface area contributed by atoms with Crippen molar-refractivity contribution in [2.45, 2.75) is 31.0 Å². The minimum Gasteiger partial charge on any atom is -0.452 e. The quantitative estimate of drug-likeness (QED) is 0.449. The van der Waals surface area contributed by atoms with Crippen LogP contribution in [0.25, 0.3) is 0 Å². The summed E-state index contributed by atoms with van der Waals surface area (Å²) in [6.07, 6.45) is -0.493. The first-order valence-corrected chi connectivity index (χ1v) is 11.8. The van der Waals surface area contributed by atoms with Crippen molar-refractivity contribution in [3.05, 3.63) is 60.2 Å². The summed E-state index contributed by atoms with van der Waals surface area (Å²) in [6, 6.07) is 16.0. The highest BCUT2D eigenvalue weighted by molar-refractivity contribution is 7.89. The molecule has 1 amide bonds. The topological polar surface area (TPSA) is 117 Å². The summed E-state index contributed by atoms with van der Waals surface area (Å²) in [5, 5.41) is 9.03. The zero-order valence-corrected chi connectivity index (χ0v) is 19.2. The van der Waals surface area contributed by atoms with E-state index in [9.17, 15) is 18.0 Å². The lowest BCUT2D eigenvalue weighted by Gasteiger charge is -2.34. The molecule has 0 spiro atoms. The fourth-order valence-electron chi connectivity index (χ4n) is 3.55. The molecule has 2 aromatic rings. The highest BCUT2D eigenvalue weighted by Crippen LogP contribution is 2.22. The summed E-state index contributed by atoms with van der Waals surface area (Å²) in [5.41, 5.74) is 0.506. The number of benzene rings is 2. The predicted molar refractivity (Wildman–Crippen MR) is 120 cm³/mol. The van der Waals surface area contributed by atoms with Gasteiger partial charge in [0.1, 0.15) is 6.54 Å². The Balaban J connectivity index is 1.70. The molecule has 3 rings (SSSR count). The maximum absolute atomic E-state index is 13.1. The summed E-state index contributed by atoms with van der Waals surface area (Å²) < 4.78 is 38.2. The Kier molecular flexibility index (Phi) is 7.81. The average Bonchev–Trinajstić information content (AvgIpc) is 2.80. The third-order valence-corrected chi connectivity index (χ3v) is 6.85. The standard InChI is InChI=1S/C23H25N3O6S/c1-17-14-25(15-18(2)32-17)33(29,30)21-10-6-7-19(13-21)23(28)31-16-22(27)26(12-11-24)20-8-4-3-5-9-20/h3-10,13,17-18H,12,14-16H2,1-2H3. The van der Waals surface area contributed by atoms with E-state index in [0.717, 1.165) is 0 Å². The molecule has 1 saturated heterocycles. The molecule has 0 N–H and O–H groups in total. The number of carbonyl (C=O) groups is 2. The van der Waals surface area contributed by atoms with E-state index >= 15 is 0 Å². The molecule has 1 aliphatic heterocycles. The summed E-state index contributed by atoms with van der Waals surface area (Å²) in [6.45, 7) is 3.23. The molecule has 0 bridgehead atoms. The average molecular weight is 472 g/mol. The Bertz CT molecular complexity index is 1140. The second-order valence-electron chi connectivity index (χ2n) is 7.66. The minimum absolute atomic E-state index is 0.00442. The zero-order chi connectivity index (χ0) is 24.0. The Morgan fingerprint density at radius 3 is 2.42 bits per heavy atom. The van der Waals surface area contributed by atoms with Gasteiger partial charge in [0.2, 0.25) is 10.0 Å². The van der Waals surface area contributed by atoms with Gasteiger partial charge in [0.25, 0.3) is 5.91 Å². The second-order valence-corrected chi connectivity index (χ2v) is 9.59. The van der Waals surface area contributed by atoms with Crippen LogP contribution in [0.15, 0.2) is 59.5 Å². The van der Waals surface area contributed by atoms with Crippen LogP contribution in [0.5, 0.6) is 0 Å². The Morgan fingerprint density at radius 1 is 1.12 bits per heavy atom. The van der Waals surface area contributed by atoms with Gasteiger partial charge in [0, 0.05) is 18.8 Å². The summed E-state index contributed by atoms with van der Waals surface area (Å²) >= 11 is 0. The van der Waals surface area contributed by atoms with Crippen LogP contribution in [0.2, 0.25) is 0 Å². The summed E-state index contributed by atoms with van der Waals surface area (Å²) in [5.74, 6) is -1.41. The highest BCUT2D eigenvalue weighted by Gasteiger charge is 2.32. The van der Waals surface area contributed by atoms with Crippen molar-refractivity contribution < 1.29 is 27.5 Å². The van der Waals surface area contributed by atoms with Crippen LogP contribution in [0, 0.1) is 11.3 Å². The molecule has 2 aromatic carbocycles. The fraction of sp³-hybridized carbons (Fsp3) is 0.348. The first-order chi connectivity index (χ1) is 15.7. The number of amides is 1. The van der Waals surface area contributed by atoms with E-state index in [1.807, 2.05) is 6.07 Å². The smallest absolute Gasteiger partial charge is 0.338 e. The Labute approximate surface area is 193 Å². The molecular weight excluding hydrogens is 446 g/mol. The van der Waals surface area contributed by atoms with Gasteiger partial charge in [0.05, 0.1) is 28.7 Å². The van der Waals surface area contributed by atoms with Crippen molar-refractivity contribution in [3.8, 4) is 6.07 Å². The largest absolute Gasteiger partial charge is 0.452 e. The molecule has 33 heavy (non-hydrogen) atoms. The zero-order valence-electron chi connectivity index (χ0n) is 18.4. The van der Waals surface area contributed by atoms with Gasteiger partial charge in [-0.2, -0.15) is 9.57 Å². The first-order valence-electron chi connectivity index (χ1n) is 10.4. The van der Waals surface area contributed by atoms with Gasteiger partial charge < -0.3 is 9.47 Å². The molecule has 0 saturated carbocycles. The fourth-order valence-corrected chi connectivity index (χ4v) is 5.19. The van der Waals surface area contributed by atoms with E-state index in [-0.39, 0.29) is 42.3 Å². The third-order valence-electron chi connectivity index (χ3n) is 5.02. The number of para-hydroxylation sites is 1. The molecule has 174 valence electrons. The number of morpholine rings is 1. The molecule has 9 nitrogen and oxygen atoms in total. The van der Waals surface area contributed by atoms with Gasteiger partial charge in [-0.1, -0.05) is 24.3 Å². The van der Waals surface area contributed by atoms with Crippen LogP contribution in [0.1, 0.15) is 24.2 Å².